The van der Waals surface area contributed by atoms with Crippen molar-refractivity contribution in [3.63, 3.8) is 0 Å². The Morgan fingerprint density at radius 2 is 2.04 bits per heavy atom. The molecule has 0 bridgehead atoms. The number of hydrogen-bond donors (Lipinski definition) is 0. The van der Waals surface area contributed by atoms with Gasteiger partial charge in [0.15, 0.2) is 5.03 Å². The molecule has 2 heterocycles. The topological polar surface area (TPSA) is 74.9 Å². The number of pyridine rings is 1. The standard InChI is InChI=1S/C12H13ClF3N5O2S/c1-24-11(18-19-2-4-20(5-3-19)21(22)23)10-9(13)6-8(7-17-10)12(14,15)16/h6-7H,2-5H2,1H3/b18-11-. The maximum atomic E-state index is 12.7. The minimum Gasteiger partial charge on any atom is -0.292 e. The van der Waals surface area contributed by atoms with Gasteiger partial charge in [0, 0.05) is 6.20 Å². The van der Waals surface area contributed by atoms with Crippen molar-refractivity contribution in [1.82, 2.24) is 15.0 Å². The van der Waals surface area contributed by atoms with Crippen LogP contribution in [0.15, 0.2) is 17.4 Å². The SMILES string of the molecule is CS/C(=N\N1CCN([N+](=O)[O-])CC1)c1ncc(C(F)(F)F)cc1Cl. The first-order chi connectivity index (χ1) is 11.2. The molecule has 0 aliphatic carbocycles. The molecule has 24 heavy (non-hydrogen) atoms. The highest BCUT2D eigenvalue weighted by Gasteiger charge is 2.32. The van der Waals surface area contributed by atoms with E-state index in [1.807, 2.05) is 0 Å². The maximum Gasteiger partial charge on any atom is 0.417 e. The van der Waals surface area contributed by atoms with Crippen LogP contribution in [0, 0.1) is 10.1 Å². The number of alkyl halides is 3. The molecular formula is C12H13ClF3N5O2S. The zero-order chi connectivity index (χ0) is 17.9. The van der Waals surface area contributed by atoms with Crippen LogP contribution in [0.1, 0.15) is 11.3 Å². The summed E-state index contributed by atoms with van der Waals surface area (Å²) in [4.78, 5) is 14.4. The molecule has 1 fully saturated rings. The molecule has 0 saturated carbocycles. The summed E-state index contributed by atoms with van der Waals surface area (Å²) in [5.74, 6) is 0. The van der Waals surface area contributed by atoms with Gasteiger partial charge < -0.3 is 0 Å². The molecule has 1 aliphatic heterocycles. The molecule has 0 aromatic carbocycles. The van der Waals surface area contributed by atoms with Crippen LogP contribution in [0.5, 0.6) is 0 Å². The van der Waals surface area contributed by atoms with Crippen LogP contribution in [0.25, 0.3) is 0 Å². The predicted molar refractivity (Wildman–Crippen MR) is 84.4 cm³/mol. The van der Waals surface area contributed by atoms with Crippen molar-refractivity contribution >= 4 is 28.4 Å². The quantitative estimate of drug-likeness (QED) is 0.345. The Morgan fingerprint density at radius 3 is 2.50 bits per heavy atom. The second kappa shape index (κ2) is 7.43. The van der Waals surface area contributed by atoms with Gasteiger partial charge in [-0.2, -0.15) is 18.3 Å². The normalized spacial score (nSPS) is 16.5. The molecule has 0 radical (unpaired) electrons. The molecule has 12 heteroatoms. The Kier molecular flexibility index (Phi) is 5.75. The van der Waals surface area contributed by atoms with Gasteiger partial charge in [-0.3, -0.25) is 9.99 Å². The first-order valence-corrected chi connectivity index (χ1v) is 8.32. The summed E-state index contributed by atoms with van der Waals surface area (Å²) < 4.78 is 38.0. The molecule has 0 unspecified atom stereocenters. The summed E-state index contributed by atoms with van der Waals surface area (Å²) in [7, 11) is 0. The van der Waals surface area contributed by atoms with Gasteiger partial charge in [0.25, 0.3) is 0 Å². The van der Waals surface area contributed by atoms with Crippen LogP contribution < -0.4 is 0 Å². The first kappa shape index (κ1) is 18.6. The summed E-state index contributed by atoms with van der Waals surface area (Å²) in [5, 5.41) is 17.4. The van der Waals surface area contributed by atoms with Gasteiger partial charge in [-0.15, -0.1) is 16.8 Å². The van der Waals surface area contributed by atoms with Gasteiger partial charge in [-0.05, 0) is 12.3 Å². The summed E-state index contributed by atoms with van der Waals surface area (Å²) in [6, 6.07) is 0.806. The fourth-order valence-corrected chi connectivity index (χ4v) is 2.88. The first-order valence-electron chi connectivity index (χ1n) is 6.72. The Balaban J connectivity index is 2.18. The van der Waals surface area contributed by atoms with Crippen molar-refractivity contribution in [2.45, 2.75) is 6.18 Å². The van der Waals surface area contributed by atoms with Gasteiger partial charge in [-0.1, -0.05) is 11.6 Å². The fraction of sp³-hybridized carbons (Fsp3) is 0.500. The van der Waals surface area contributed by atoms with Gasteiger partial charge in [0.1, 0.15) is 10.7 Å². The maximum absolute atomic E-state index is 12.7. The van der Waals surface area contributed by atoms with E-state index in [-0.39, 0.29) is 23.8 Å². The lowest BCUT2D eigenvalue weighted by molar-refractivity contribution is -0.657. The number of thioether (sulfide) groups is 1. The van der Waals surface area contributed by atoms with E-state index in [2.05, 4.69) is 10.1 Å². The van der Waals surface area contributed by atoms with Crippen molar-refractivity contribution in [3.05, 3.63) is 38.7 Å². The Morgan fingerprint density at radius 1 is 1.42 bits per heavy atom. The molecule has 0 atom stereocenters. The molecule has 0 amide bonds. The monoisotopic (exact) mass is 383 g/mol. The average molecular weight is 384 g/mol. The molecule has 0 N–H and O–H groups in total. The minimum absolute atomic E-state index is 0.147. The second-order valence-corrected chi connectivity index (χ2v) is 6.01. The van der Waals surface area contributed by atoms with Crippen LogP contribution in [0.2, 0.25) is 5.02 Å². The van der Waals surface area contributed by atoms with Crippen molar-refractivity contribution in [2.75, 3.05) is 32.4 Å². The lowest BCUT2D eigenvalue weighted by atomic mass is 10.2. The van der Waals surface area contributed by atoms with Crippen molar-refractivity contribution < 1.29 is 18.2 Å². The van der Waals surface area contributed by atoms with E-state index in [1.165, 1.54) is 11.8 Å². The molecule has 1 aromatic rings. The zero-order valence-corrected chi connectivity index (χ0v) is 14.0. The van der Waals surface area contributed by atoms with Crippen molar-refractivity contribution in [3.8, 4) is 0 Å². The van der Waals surface area contributed by atoms with Gasteiger partial charge in [-0.25, -0.2) is 10.1 Å². The van der Waals surface area contributed by atoms with Gasteiger partial charge in [0.05, 0.1) is 36.8 Å². The van der Waals surface area contributed by atoms with Crippen LogP contribution in [-0.4, -0.2) is 57.5 Å². The lowest BCUT2D eigenvalue weighted by Gasteiger charge is -2.28. The van der Waals surface area contributed by atoms with Crippen LogP contribution in [-0.2, 0) is 6.18 Å². The Bertz CT molecular complexity index is 650. The Labute approximate surface area is 144 Å². The highest BCUT2D eigenvalue weighted by Crippen LogP contribution is 2.31. The zero-order valence-electron chi connectivity index (χ0n) is 12.5. The highest BCUT2D eigenvalue weighted by molar-refractivity contribution is 8.13. The number of nitrogens with zero attached hydrogens (tertiary/aromatic N) is 5. The molecule has 7 nitrogen and oxygen atoms in total. The molecule has 2 rings (SSSR count). The largest absolute Gasteiger partial charge is 0.417 e. The van der Waals surface area contributed by atoms with Crippen LogP contribution >= 0.6 is 23.4 Å². The second-order valence-electron chi connectivity index (χ2n) is 4.81. The molecule has 132 valence electrons. The number of aromatic nitrogens is 1. The van der Waals surface area contributed by atoms with Crippen LogP contribution in [0.3, 0.4) is 0 Å². The number of hydrogen-bond acceptors (Lipinski definition) is 6. The number of piperazine rings is 1. The number of hydrazine groups is 1. The van der Waals surface area contributed by atoms with Gasteiger partial charge in [0.2, 0.25) is 0 Å². The summed E-state index contributed by atoms with van der Waals surface area (Å²) in [6.07, 6.45) is -2.12. The lowest BCUT2D eigenvalue weighted by Crippen LogP contribution is -2.46. The Hall–Kier alpha value is -1.75. The van der Waals surface area contributed by atoms with E-state index < -0.39 is 16.8 Å². The minimum atomic E-state index is -4.52. The molecule has 0 spiro atoms. The summed E-state index contributed by atoms with van der Waals surface area (Å²) in [5.41, 5.74) is -0.787. The van der Waals surface area contributed by atoms with Crippen LogP contribution in [0.4, 0.5) is 13.2 Å². The molecule has 1 aliphatic rings. The molecule has 1 saturated heterocycles. The molecular weight excluding hydrogens is 371 g/mol. The van der Waals surface area contributed by atoms with Crippen molar-refractivity contribution in [1.29, 1.82) is 0 Å². The fourth-order valence-electron chi connectivity index (χ4n) is 2.01. The number of halogens is 4. The van der Waals surface area contributed by atoms with E-state index >= 15 is 0 Å². The highest BCUT2D eigenvalue weighted by atomic mass is 35.5. The number of nitro groups is 1. The third-order valence-corrected chi connectivity index (χ3v) is 4.21. The molecule has 1 aromatic heterocycles. The van der Waals surface area contributed by atoms with E-state index in [1.54, 1.807) is 11.3 Å². The summed E-state index contributed by atoms with van der Waals surface area (Å²) >= 11 is 7.10. The average Bonchev–Trinajstić information content (AvgIpc) is 2.52. The van der Waals surface area contributed by atoms with E-state index in [4.69, 9.17) is 11.6 Å². The smallest absolute Gasteiger partial charge is 0.292 e. The van der Waals surface area contributed by atoms with Crippen molar-refractivity contribution in [2.24, 2.45) is 5.10 Å². The number of hydrazone groups is 1. The summed E-state index contributed by atoms with van der Waals surface area (Å²) in [6.45, 7) is 1.05. The number of rotatable bonds is 3. The third-order valence-electron chi connectivity index (χ3n) is 3.26. The van der Waals surface area contributed by atoms with E-state index in [0.29, 0.717) is 24.3 Å². The van der Waals surface area contributed by atoms with E-state index in [9.17, 15) is 23.3 Å². The van der Waals surface area contributed by atoms with Gasteiger partial charge >= 0.3 is 6.18 Å². The predicted octanol–water partition coefficient (Wildman–Crippen LogP) is 2.59. The van der Waals surface area contributed by atoms with E-state index in [0.717, 1.165) is 11.1 Å². The third kappa shape index (κ3) is 4.41.